The van der Waals surface area contributed by atoms with E-state index in [0.29, 0.717) is 5.56 Å². The fourth-order valence-electron chi connectivity index (χ4n) is 2.29. The summed E-state index contributed by atoms with van der Waals surface area (Å²) in [5.74, 6) is -0.0489. The number of hydrogen-bond donors (Lipinski definition) is 1. The van der Waals surface area contributed by atoms with E-state index in [-0.39, 0.29) is 17.6 Å². The number of ether oxygens (including phenoxy) is 1. The highest BCUT2D eigenvalue weighted by Crippen LogP contribution is 2.32. The van der Waals surface area contributed by atoms with Gasteiger partial charge >= 0.3 is 0 Å². The summed E-state index contributed by atoms with van der Waals surface area (Å²) in [6.07, 6.45) is 0.979. The lowest BCUT2D eigenvalue weighted by molar-refractivity contribution is 0.381. The highest BCUT2D eigenvalue weighted by atomic mass is 79.9. The van der Waals surface area contributed by atoms with E-state index in [4.69, 9.17) is 4.74 Å². The van der Waals surface area contributed by atoms with E-state index in [1.165, 1.54) is 7.11 Å². The molecule has 2 rings (SSSR count). The first-order valence-electron chi connectivity index (χ1n) is 6.99. The number of nitrogens with one attached hydrogen (secondary N) is 1. The molecule has 21 heavy (non-hydrogen) atoms. The molecule has 0 aliphatic heterocycles. The van der Waals surface area contributed by atoms with Crippen molar-refractivity contribution in [3.63, 3.8) is 0 Å². The van der Waals surface area contributed by atoms with Gasteiger partial charge in [-0.15, -0.1) is 0 Å². The van der Waals surface area contributed by atoms with Crippen LogP contribution in [0.4, 0.5) is 4.39 Å². The molecule has 2 aromatic carbocycles. The largest absolute Gasteiger partial charge is 0.494 e. The van der Waals surface area contributed by atoms with E-state index < -0.39 is 0 Å². The topological polar surface area (TPSA) is 21.3 Å². The van der Waals surface area contributed by atoms with Crippen LogP contribution in [0.25, 0.3) is 0 Å². The summed E-state index contributed by atoms with van der Waals surface area (Å²) in [6.45, 7) is 2.90. The Balaban J connectivity index is 2.48. The Morgan fingerprint density at radius 1 is 1.14 bits per heavy atom. The molecule has 0 spiro atoms. The first-order chi connectivity index (χ1) is 10.2. The van der Waals surface area contributed by atoms with Gasteiger partial charge in [-0.2, -0.15) is 0 Å². The summed E-state index contributed by atoms with van der Waals surface area (Å²) in [7, 11) is 1.48. The molecule has 1 unspecified atom stereocenters. The molecule has 0 bridgehead atoms. The third-order valence-corrected chi connectivity index (χ3v) is 4.06. The minimum Gasteiger partial charge on any atom is -0.494 e. The molecule has 0 saturated heterocycles. The van der Waals surface area contributed by atoms with Gasteiger partial charge in [-0.3, -0.25) is 0 Å². The maximum atomic E-state index is 14.6. The number of hydrogen-bond acceptors (Lipinski definition) is 2. The molecular weight excluding hydrogens is 333 g/mol. The fourth-order valence-corrected chi connectivity index (χ4v) is 2.81. The molecule has 2 aromatic rings. The molecule has 0 fully saturated rings. The van der Waals surface area contributed by atoms with Gasteiger partial charge in [-0.25, -0.2) is 4.39 Å². The standard InChI is InChI=1S/C17H19BrFNO/c1-3-11-20-17(12-7-4-5-9-14(12)18)13-8-6-10-15(21-2)16(13)19/h4-10,17,20H,3,11H2,1-2H3. The lowest BCUT2D eigenvalue weighted by atomic mass is 9.97. The van der Waals surface area contributed by atoms with Crippen molar-refractivity contribution in [2.75, 3.05) is 13.7 Å². The Labute approximate surface area is 133 Å². The van der Waals surface area contributed by atoms with Crippen LogP contribution in [-0.4, -0.2) is 13.7 Å². The van der Waals surface area contributed by atoms with E-state index >= 15 is 0 Å². The van der Waals surface area contributed by atoms with Crippen molar-refractivity contribution in [3.8, 4) is 5.75 Å². The minimum absolute atomic E-state index is 0.212. The minimum atomic E-state index is -0.315. The van der Waals surface area contributed by atoms with Gasteiger partial charge in [-0.05, 0) is 30.7 Å². The van der Waals surface area contributed by atoms with Crippen LogP contribution in [0.2, 0.25) is 0 Å². The molecule has 1 atom stereocenters. The number of benzene rings is 2. The monoisotopic (exact) mass is 351 g/mol. The average molecular weight is 352 g/mol. The van der Waals surface area contributed by atoms with Gasteiger partial charge in [0, 0.05) is 10.0 Å². The van der Waals surface area contributed by atoms with E-state index in [1.807, 2.05) is 30.3 Å². The van der Waals surface area contributed by atoms with Crippen molar-refractivity contribution >= 4 is 15.9 Å². The van der Waals surface area contributed by atoms with E-state index in [0.717, 1.165) is 23.0 Å². The van der Waals surface area contributed by atoms with E-state index in [2.05, 4.69) is 28.2 Å². The van der Waals surface area contributed by atoms with Crippen molar-refractivity contribution in [1.82, 2.24) is 5.32 Å². The molecule has 0 amide bonds. The molecule has 1 N–H and O–H groups in total. The first-order valence-corrected chi connectivity index (χ1v) is 7.78. The smallest absolute Gasteiger partial charge is 0.170 e. The average Bonchev–Trinajstić information content (AvgIpc) is 2.50. The summed E-state index contributed by atoms with van der Waals surface area (Å²) in [5, 5.41) is 3.41. The molecule has 0 saturated carbocycles. The molecule has 2 nitrogen and oxygen atoms in total. The van der Waals surface area contributed by atoms with Gasteiger partial charge in [0.2, 0.25) is 0 Å². The Morgan fingerprint density at radius 3 is 2.52 bits per heavy atom. The molecule has 0 aliphatic carbocycles. The van der Waals surface area contributed by atoms with Crippen LogP contribution < -0.4 is 10.1 Å². The zero-order chi connectivity index (χ0) is 15.2. The number of methoxy groups -OCH3 is 1. The van der Waals surface area contributed by atoms with Crippen molar-refractivity contribution in [1.29, 1.82) is 0 Å². The van der Waals surface area contributed by atoms with Crippen LogP contribution in [0, 0.1) is 5.82 Å². The van der Waals surface area contributed by atoms with Crippen LogP contribution in [0.15, 0.2) is 46.9 Å². The maximum absolute atomic E-state index is 14.6. The van der Waals surface area contributed by atoms with Crippen molar-refractivity contribution < 1.29 is 9.13 Å². The van der Waals surface area contributed by atoms with E-state index in [9.17, 15) is 4.39 Å². The zero-order valence-electron chi connectivity index (χ0n) is 12.2. The second-order valence-corrected chi connectivity index (χ2v) is 5.63. The Kier molecular flexibility index (Phi) is 5.76. The Bertz CT molecular complexity index is 603. The SMILES string of the molecule is CCCNC(c1ccccc1Br)c1cccc(OC)c1F. The van der Waals surface area contributed by atoms with Crippen LogP contribution in [0.5, 0.6) is 5.75 Å². The summed E-state index contributed by atoms with van der Waals surface area (Å²) >= 11 is 3.55. The van der Waals surface area contributed by atoms with Gasteiger partial charge in [0.25, 0.3) is 0 Å². The molecule has 0 aliphatic rings. The predicted octanol–water partition coefficient (Wildman–Crippen LogP) is 4.69. The lowest BCUT2D eigenvalue weighted by Gasteiger charge is -2.22. The van der Waals surface area contributed by atoms with Crippen LogP contribution >= 0.6 is 15.9 Å². The fraction of sp³-hybridized carbons (Fsp3) is 0.294. The van der Waals surface area contributed by atoms with Crippen LogP contribution in [0.3, 0.4) is 0 Å². The highest BCUT2D eigenvalue weighted by Gasteiger charge is 2.21. The lowest BCUT2D eigenvalue weighted by Crippen LogP contribution is -2.24. The van der Waals surface area contributed by atoms with Gasteiger partial charge < -0.3 is 10.1 Å². The van der Waals surface area contributed by atoms with Crippen molar-refractivity contribution in [2.45, 2.75) is 19.4 Å². The maximum Gasteiger partial charge on any atom is 0.170 e. The van der Waals surface area contributed by atoms with Gasteiger partial charge in [0.15, 0.2) is 11.6 Å². The second kappa shape index (κ2) is 7.57. The third-order valence-electron chi connectivity index (χ3n) is 3.34. The Morgan fingerprint density at radius 2 is 1.86 bits per heavy atom. The van der Waals surface area contributed by atoms with E-state index in [1.54, 1.807) is 12.1 Å². The zero-order valence-corrected chi connectivity index (χ0v) is 13.8. The van der Waals surface area contributed by atoms with Crippen LogP contribution in [-0.2, 0) is 0 Å². The molecular formula is C17H19BrFNO. The van der Waals surface area contributed by atoms with Crippen molar-refractivity contribution in [3.05, 3.63) is 63.9 Å². The second-order valence-electron chi connectivity index (χ2n) is 4.77. The third kappa shape index (κ3) is 3.63. The summed E-state index contributed by atoms with van der Waals surface area (Å²) in [6, 6.07) is 12.9. The summed E-state index contributed by atoms with van der Waals surface area (Å²) < 4.78 is 20.6. The summed E-state index contributed by atoms with van der Waals surface area (Å²) in [5.41, 5.74) is 1.60. The van der Waals surface area contributed by atoms with Gasteiger partial charge in [-0.1, -0.05) is 53.2 Å². The summed E-state index contributed by atoms with van der Waals surface area (Å²) in [4.78, 5) is 0. The van der Waals surface area contributed by atoms with Crippen molar-refractivity contribution in [2.24, 2.45) is 0 Å². The van der Waals surface area contributed by atoms with Crippen LogP contribution in [0.1, 0.15) is 30.5 Å². The predicted molar refractivity (Wildman–Crippen MR) is 87.2 cm³/mol. The Hall–Kier alpha value is -1.39. The molecule has 4 heteroatoms. The van der Waals surface area contributed by atoms with Gasteiger partial charge in [0.05, 0.1) is 13.2 Å². The quantitative estimate of drug-likeness (QED) is 0.815. The highest BCUT2D eigenvalue weighted by molar-refractivity contribution is 9.10. The van der Waals surface area contributed by atoms with Gasteiger partial charge in [0.1, 0.15) is 0 Å². The molecule has 0 aromatic heterocycles. The molecule has 0 radical (unpaired) electrons. The number of halogens is 2. The first kappa shape index (κ1) is 16.0. The molecule has 112 valence electrons. The number of rotatable bonds is 6. The normalized spacial score (nSPS) is 12.2. The molecule has 0 heterocycles.